The maximum Gasteiger partial charge on any atom is 0.413 e. The highest BCUT2D eigenvalue weighted by molar-refractivity contribution is 6.33. The molecule has 8 heteroatoms. The van der Waals surface area contributed by atoms with Crippen molar-refractivity contribution in [1.82, 2.24) is 5.32 Å². The molecule has 1 atom stereocenters. The first-order chi connectivity index (χ1) is 11.4. The molecule has 0 aliphatic heterocycles. The van der Waals surface area contributed by atoms with Crippen LogP contribution in [0.2, 0.25) is 5.02 Å². The van der Waals surface area contributed by atoms with Crippen LogP contribution in [0.15, 0.2) is 40.8 Å². The number of halogens is 1. The number of furan rings is 1. The van der Waals surface area contributed by atoms with Gasteiger partial charge in [-0.25, -0.2) is 9.59 Å². The van der Waals surface area contributed by atoms with Crippen molar-refractivity contribution in [3.05, 3.63) is 47.2 Å². The minimum absolute atomic E-state index is 0.0948. The molecule has 2 aromatic rings. The second-order valence-corrected chi connectivity index (χ2v) is 5.08. The molecule has 0 radical (unpaired) electrons. The monoisotopic (exact) mass is 351 g/mol. The Bertz CT molecular complexity index is 769. The quantitative estimate of drug-likeness (QED) is 0.851. The number of carbonyl (C=O) groups is 3. The molecule has 0 fully saturated rings. The fourth-order valence-corrected chi connectivity index (χ4v) is 2.01. The van der Waals surface area contributed by atoms with Crippen LogP contribution in [0.3, 0.4) is 0 Å². The summed E-state index contributed by atoms with van der Waals surface area (Å²) in [5, 5.41) is 2.37. The topological polar surface area (TPSA) is 94.8 Å². The lowest BCUT2D eigenvalue weighted by molar-refractivity contribution is -0.128. The molecule has 0 saturated carbocycles. The lowest BCUT2D eigenvalue weighted by atomic mass is 10.2. The Morgan fingerprint density at radius 3 is 2.54 bits per heavy atom. The maximum absolute atomic E-state index is 12.0. The third kappa shape index (κ3) is 4.14. The second kappa shape index (κ2) is 7.65. The zero-order chi connectivity index (χ0) is 17.7. The van der Waals surface area contributed by atoms with Crippen LogP contribution in [0.25, 0.3) is 11.3 Å². The van der Waals surface area contributed by atoms with Crippen LogP contribution in [0.5, 0.6) is 0 Å². The van der Waals surface area contributed by atoms with Crippen molar-refractivity contribution >= 4 is 29.6 Å². The molecule has 1 N–H and O–H groups in total. The molecule has 126 valence electrons. The van der Waals surface area contributed by atoms with E-state index in [1.54, 1.807) is 30.3 Å². The molecule has 2 rings (SSSR count). The summed E-state index contributed by atoms with van der Waals surface area (Å²) in [7, 11) is 1.11. The molecule has 0 unspecified atom stereocenters. The van der Waals surface area contributed by atoms with Gasteiger partial charge in [-0.1, -0.05) is 23.7 Å². The summed E-state index contributed by atoms with van der Waals surface area (Å²) in [4.78, 5) is 34.6. The van der Waals surface area contributed by atoms with E-state index in [0.29, 0.717) is 16.3 Å². The summed E-state index contributed by atoms with van der Waals surface area (Å²) < 4.78 is 14.6. The normalized spacial score (nSPS) is 11.5. The van der Waals surface area contributed by atoms with Gasteiger partial charge in [0.15, 0.2) is 6.10 Å². The molecule has 1 heterocycles. The fraction of sp³-hybridized carbons (Fsp3) is 0.188. The van der Waals surface area contributed by atoms with Gasteiger partial charge in [0.1, 0.15) is 5.76 Å². The molecule has 0 saturated heterocycles. The molecule has 0 aliphatic carbocycles. The molecule has 1 aromatic heterocycles. The van der Waals surface area contributed by atoms with E-state index in [9.17, 15) is 14.4 Å². The number of nitrogens with one attached hydrogen (secondary N) is 1. The molecule has 1 aromatic carbocycles. The van der Waals surface area contributed by atoms with Crippen LogP contribution < -0.4 is 5.32 Å². The van der Waals surface area contributed by atoms with E-state index in [-0.39, 0.29) is 5.76 Å². The van der Waals surface area contributed by atoms with Crippen LogP contribution in [0.4, 0.5) is 4.79 Å². The zero-order valence-corrected chi connectivity index (χ0v) is 13.6. The summed E-state index contributed by atoms with van der Waals surface area (Å²) in [6.45, 7) is 1.31. The van der Waals surface area contributed by atoms with Crippen molar-refractivity contribution < 1.29 is 28.3 Å². The van der Waals surface area contributed by atoms with Crippen molar-refractivity contribution in [2.75, 3.05) is 7.11 Å². The zero-order valence-electron chi connectivity index (χ0n) is 12.9. The van der Waals surface area contributed by atoms with Crippen LogP contribution >= 0.6 is 11.6 Å². The number of hydrogen-bond acceptors (Lipinski definition) is 6. The van der Waals surface area contributed by atoms with E-state index in [4.69, 9.17) is 20.8 Å². The first-order valence-electron chi connectivity index (χ1n) is 6.87. The first-order valence-corrected chi connectivity index (χ1v) is 7.24. The average Bonchev–Trinajstić information content (AvgIpc) is 3.04. The number of alkyl carbamates (subject to hydrolysis) is 1. The molecule has 2 amide bonds. The third-order valence-electron chi connectivity index (χ3n) is 3.01. The standard InChI is InChI=1S/C16H14ClNO6/c1-9(14(19)18-16(21)22-2)23-15(20)13-8-7-12(24-13)10-5-3-4-6-11(10)17/h3-9H,1-2H3,(H,18,19,21)/t9-/m1/s1. The minimum Gasteiger partial charge on any atom is -0.453 e. The van der Waals surface area contributed by atoms with Gasteiger partial charge in [-0.2, -0.15) is 0 Å². The Labute approximate surface area is 142 Å². The van der Waals surface area contributed by atoms with Gasteiger partial charge in [0, 0.05) is 5.56 Å². The Balaban J connectivity index is 2.05. The smallest absolute Gasteiger partial charge is 0.413 e. The lowest BCUT2D eigenvalue weighted by Crippen LogP contribution is -2.39. The lowest BCUT2D eigenvalue weighted by Gasteiger charge is -2.11. The van der Waals surface area contributed by atoms with E-state index in [0.717, 1.165) is 7.11 Å². The van der Waals surface area contributed by atoms with Gasteiger partial charge < -0.3 is 13.9 Å². The van der Waals surface area contributed by atoms with Gasteiger partial charge in [-0.3, -0.25) is 10.1 Å². The first kappa shape index (κ1) is 17.6. The predicted molar refractivity (Wildman–Crippen MR) is 84.6 cm³/mol. The van der Waals surface area contributed by atoms with E-state index < -0.39 is 24.1 Å². The second-order valence-electron chi connectivity index (χ2n) is 4.67. The van der Waals surface area contributed by atoms with Crippen LogP contribution in [0.1, 0.15) is 17.5 Å². The molecule has 24 heavy (non-hydrogen) atoms. The van der Waals surface area contributed by atoms with Crippen LogP contribution in [-0.2, 0) is 14.3 Å². The van der Waals surface area contributed by atoms with Gasteiger partial charge in [0.05, 0.1) is 12.1 Å². The van der Waals surface area contributed by atoms with Gasteiger partial charge >= 0.3 is 12.1 Å². The minimum atomic E-state index is -1.20. The fourth-order valence-electron chi connectivity index (χ4n) is 1.78. The van der Waals surface area contributed by atoms with Crippen molar-refractivity contribution in [3.63, 3.8) is 0 Å². The van der Waals surface area contributed by atoms with E-state index in [1.165, 1.54) is 13.0 Å². The molecular formula is C16H14ClNO6. The van der Waals surface area contributed by atoms with Crippen molar-refractivity contribution in [2.24, 2.45) is 0 Å². The maximum atomic E-state index is 12.0. The van der Waals surface area contributed by atoms with E-state index in [1.807, 2.05) is 5.32 Å². The SMILES string of the molecule is COC(=O)NC(=O)[C@@H](C)OC(=O)c1ccc(-c2ccccc2Cl)o1. The van der Waals surface area contributed by atoms with Gasteiger partial charge in [-0.05, 0) is 31.2 Å². The summed E-state index contributed by atoms with van der Waals surface area (Å²) in [5.74, 6) is -1.37. The number of ether oxygens (including phenoxy) is 2. The highest BCUT2D eigenvalue weighted by Gasteiger charge is 2.23. The van der Waals surface area contributed by atoms with E-state index >= 15 is 0 Å². The Hall–Kier alpha value is -2.80. The number of benzene rings is 1. The summed E-state index contributed by atoms with van der Waals surface area (Å²) in [6.07, 6.45) is -2.15. The van der Waals surface area contributed by atoms with Crippen molar-refractivity contribution in [1.29, 1.82) is 0 Å². The van der Waals surface area contributed by atoms with Crippen molar-refractivity contribution in [3.8, 4) is 11.3 Å². The number of esters is 1. The number of rotatable bonds is 4. The number of hydrogen-bond donors (Lipinski definition) is 1. The number of carbonyl (C=O) groups excluding carboxylic acids is 3. The van der Waals surface area contributed by atoms with Crippen molar-refractivity contribution in [2.45, 2.75) is 13.0 Å². The average molecular weight is 352 g/mol. The highest BCUT2D eigenvalue weighted by Crippen LogP contribution is 2.29. The number of imide groups is 1. The third-order valence-corrected chi connectivity index (χ3v) is 3.34. The predicted octanol–water partition coefficient (Wildman–Crippen LogP) is 3.03. The molecular weight excluding hydrogens is 338 g/mol. The largest absolute Gasteiger partial charge is 0.453 e. The number of methoxy groups -OCH3 is 1. The summed E-state index contributed by atoms with van der Waals surface area (Å²) in [6, 6.07) is 9.95. The summed E-state index contributed by atoms with van der Waals surface area (Å²) in [5.41, 5.74) is 0.620. The highest BCUT2D eigenvalue weighted by atomic mass is 35.5. The van der Waals surface area contributed by atoms with Crippen LogP contribution in [-0.4, -0.2) is 31.2 Å². The van der Waals surface area contributed by atoms with E-state index in [2.05, 4.69) is 4.74 Å². The molecule has 0 bridgehead atoms. The van der Waals surface area contributed by atoms with Crippen LogP contribution in [0, 0.1) is 0 Å². The molecule has 0 spiro atoms. The summed E-state index contributed by atoms with van der Waals surface area (Å²) >= 11 is 6.06. The van der Waals surface area contributed by atoms with Gasteiger partial charge in [0.2, 0.25) is 5.76 Å². The van der Waals surface area contributed by atoms with Gasteiger partial charge in [0.25, 0.3) is 5.91 Å². The van der Waals surface area contributed by atoms with Gasteiger partial charge in [-0.15, -0.1) is 0 Å². The Morgan fingerprint density at radius 1 is 1.17 bits per heavy atom. The molecule has 7 nitrogen and oxygen atoms in total. The molecule has 0 aliphatic rings. The Kier molecular flexibility index (Phi) is 5.59. The Morgan fingerprint density at radius 2 is 1.88 bits per heavy atom. The number of amides is 2.